The molecule has 7 heteroatoms. The molecule has 1 amide bonds. The maximum Gasteiger partial charge on any atom is 0.407 e. The van der Waals surface area contributed by atoms with E-state index in [-0.39, 0.29) is 11.6 Å². The Kier molecular flexibility index (Phi) is 5.26. The molecule has 130 valence electrons. The molecule has 1 atom stereocenters. The molecule has 0 saturated heterocycles. The molecule has 1 aliphatic carbocycles. The van der Waals surface area contributed by atoms with Crippen molar-refractivity contribution >= 4 is 17.7 Å². The predicted octanol–water partition coefficient (Wildman–Crippen LogP) is 2.86. The Labute approximate surface area is 142 Å². The van der Waals surface area contributed by atoms with Crippen LogP contribution in [0.4, 0.5) is 4.79 Å². The first-order chi connectivity index (χ1) is 10.6. The highest BCUT2D eigenvalue weighted by Gasteiger charge is 2.41. The number of amides is 1. The highest BCUT2D eigenvalue weighted by atomic mass is 35.5. The lowest BCUT2D eigenvalue weighted by molar-refractivity contribution is 0.0507. The third-order valence-corrected chi connectivity index (χ3v) is 4.51. The third-order valence-electron chi connectivity index (χ3n) is 4.16. The van der Waals surface area contributed by atoms with Gasteiger partial charge < -0.3 is 19.9 Å². The predicted molar refractivity (Wildman–Crippen MR) is 90.4 cm³/mol. The largest absolute Gasteiger partial charge is 0.444 e. The summed E-state index contributed by atoms with van der Waals surface area (Å²) in [6.45, 7) is 8.82. The van der Waals surface area contributed by atoms with Crippen LogP contribution in [-0.2, 0) is 18.3 Å². The Hall–Kier alpha value is -1.27. The van der Waals surface area contributed by atoms with Crippen molar-refractivity contribution in [1.29, 1.82) is 0 Å². The fourth-order valence-corrected chi connectivity index (χ4v) is 2.66. The average molecular weight is 343 g/mol. The number of hydrogen-bond donors (Lipinski definition) is 2. The van der Waals surface area contributed by atoms with Crippen molar-refractivity contribution in [2.75, 3.05) is 6.54 Å². The molecular weight excluding hydrogens is 316 g/mol. The van der Waals surface area contributed by atoms with Crippen molar-refractivity contribution in [3.63, 3.8) is 0 Å². The van der Waals surface area contributed by atoms with Gasteiger partial charge in [0.1, 0.15) is 16.6 Å². The van der Waals surface area contributed by atoms with E-state index in [9.17, 15) is 4.79 Å². The molecule has 1 aliphatic rings. The van der Waals surface area contributed by atoms with E-state index >= 15 is 0 Å². The van der Waals surface area contributed by atoms with Crippen LogP contribution in [0.1, 0.15) is 46.4 Å². The summed E-state index contributed by atoms with van der Waals surface area (Å²) in [4.78, 5) is 16.2. The SMILES string of the molecule is Cn1c(Cl)cnc1CNC(C)(CNC(=O)OC(C)(C)C)C1CC1. The highest BCUT2D eigenvalue weighted by molar-refractivity contribution is 6.29. The van der Waals surface area contributed by atoms with E-state index in [0.717, 1.165) is 5.82 Å². The molecule has 0 radical (unpaired) electrons. The Bertz CT molecular complexity index is 563. The first-order valence-corrected chi connectivity index (χ1v) is 8.36. The van der Waals surface area contributed by atoms with E-state index in [4.69, 9.17) is 16.3 Å². The Morgan fingerprint density at radius 2 is 2.09 bits per heavy atom. The fourth-order valence-electron chi connectivity index (χ4n) is 2.51. The van der Waals surface area contributed by atoms with E-state index in [1.165, 1.54) is 12.8 Å². The number of rotatable bonds is 6. The van der Waals surface area contributed by atoms with Gasteiger partial charge in [0.15, 0.2) is 0 Å². The minimum Gasteiger partial charge on any atom is -0.444 e. The summed E-state index contributed by atoms with van der Waals surface area (Å²) in [6, 6.07) is 0. The number of carbonyl (C=O) groups excluding carboxylic acids is 1. The number of hydrogen-bond acceptors (Lipinski definition) is 4. The lowest BCUT2D eigenvalue weighted by Crippen LogP contribution is -2.53. The fraction of sp³-hybridized carbons (Fsp3) is 0.750. The zero-order valence-electron chi connectivity index (χ0n) is 14.6. The third kappa shape index (κ3) is 5.11. The van der Waals surface area contributed by atoms with Crippen molar-refractivity contribution in [2.45, 2.75) is 58.2 Å². The van der Waals surface area contributed by atoms with E-state index in [1.807, 2.05) is 32.4 Å². The van der Waals surface area contributed by atoms with Gasteiger partial charge in [-0.05, 0) is 46.5 Å². The molecule has 23 heavy (non-hydrogen) atoms. The number of imidazole rings is 1. The molecule has 1 fully saturated rings. The molecule has 0 spiro atoms. The number of nitrogens with zero attached hydrogens (tertiary/aromatic N) is 2. The summed E-state index contributed by atoms with van der Waals surface area (Å²) in [5.41, 5.74) is -0.674. The van der Waals surface area contributed by atoms with Crippen LogP contribution >= 0.6 is 11.6 Å². The quantitative estimate of drug-likeness (QED) is 0.834. The van der Waals surface area contributed by atoms with E-state index in [2.05, 4.69) is 22.5 Å². The summed E-state index contributed by atoms with van der Waals surface area (Å²) >= 11 is 6.02. The molecule has 2 rings (SSSR count). The number of nitrogens with one attached hydrogen (secondary N) is 2. The van der Waals surface area contributed by atoms with Gasteiger partial charge in [0.25, 0.3) is 0 Å². The van der Waals surface area contributed by atoms with Crippen LogP contribution in [0.15, 0.2) is 6.20 Å². The number of halogens is 1. The monoisotopic (exact) mass is 342 g/mol. The second kappa shape index (κ2) is 6.69. The Morgan fingerprint density at radius 1 is 1.43 bits per heavy atom. The molecule has 6 nitrogen and oxygen atoms in total. The molecule has 0 aromatic carbocycles. The van der Waals surface area contributed by atoms with Gasteiger partial charge in [-0.15, -0.1) is 0 Å². The van der Waals surface area contributed by atoms with Gasteiger partial charge in [-0.25, -0.2) is 9.78 Å². The van der Waals surface area contributed by atoms with E-state index in [0.29, 0.717) is 24.2 Å². The number of aromatic nitrogens is 2. The van der Waals surface area contributed by atoms with Gasteiger partial charge in [-0.2, -0.15) is 0 Å². The van der Waals surface area contributed by atoms with Crippen molar-refractivity contribution in [3.8, 4) is 0 Å². The van der Waals surface area contributed by atoms with E-state index < -0.39 is 5.60 Å². The molecule has 1 aromatic rings. The molecule has 1 heterocycles. The summed E-state index contributed by atoms with van der Waals surface area (Å²) < 4.78 is 7.16. The first-order valence-electron chi connectivity index (χ1n) is 7.99. The highest BCUT2D eigenvalue weighted by Crippen LogP contribution is 2.39. The Morgan fingerprint density at radius 3 is 2.57 bits per heavy atom. The van der Waals surface area contributed by atoms with Crippen LogP contribution in [0.3, 0.4) is 0 Å². The van der Waals surface area contributed by atoms with Crippen molar-refractivity contribution in [1.82, 2.24) is 20.2 Å². The second-order valence-electron chi connectivity index (χ2n) is 7.46. The lowest BCUT2D eigenvalue weighted by atomic mass is 9.95. The number of carbonyl (C=O) groups is 1. The van der Waals surface area contributed by atoms with Gasteiger partial charge in [0, 0.05) is 19.1 Å². The first kappa shape index (κ1) is 18.1. The van der Waals surface area contributed by atoms with Crippen molar-refractivity contribution in [2.24, 2.45) is 13.0 Å². The van der Waals surface area contributed by atoms with Crippen LogP contribution in [0, 0.1) is 5.92 Å². The second-order valence-corrected chi connectivity index (χ2v) is 7.84. The molecule has 1 aromatic heterocycles. The van der Waals surface area contributed by atoms with Crippen LogP contribution in [0.25, 0.3) is 0 Å². The number of alkyl carbamates (subject to hydrolysis) is 1. The smallest absolute Gasteiger partial charge is 0.407 e. The summed E-state index contributed by atoms with van der Waals surface area (Å²) in [5.74, 6) is 1.42. The summed E-state index contributed by atoms with van der Waals surface area (Å²) in [5, 5.41) is 7.03. The van der Waals surface area contributed by atoms with Gasteiger partial charge >= 0.3 is 6.09 Å². The lowest BCUT2D eigenvalue weighted by Gasteiger charge is -2.32. The van der Waals surface area contributed by atoms with Crippen LogP contribution in [-0.4, -0.2) is 33.3 Å². The zero-order chi connectivity index (χ0) is 17.3. The summed E-state index contributed by atoms with van der Waals surface area (Å²) in [7, 11) is 1.89. The average Bonchev–Trinajstić information content (AvgIpc) is 3.23. The molecule has 0 aliphatic heterocycles. The maximum absolute atomic E-state index is 11.9. The standard InChI is InChI=1S/C16H27ClN4O2/c1-15(2,3)23-14(22)19-10-16(4,11-6-7-11)20-9-13-18-8-12(17)21(13)5/h8,11,20H,6-7,9-10H2,1-5H3,(H,19,22). The van der Waals surface area contributed by atoms with Gasteiger partial charge in [-0.3, -0.25) is 0 Å². The van der Waals surface area contributed by atoms with Crippen LogP contribution in [0.2, 0.25) is 5.15 Å². The van der Waals surface area contributed by atoms with Crippen LogP contribution < -0.4 is 10.6 Å². The molecule has 0 bridgehead atoms. The zero-order valence-corrected chi connectivity index (χ0v) is 15.3. The van der Waals surface area contributed by atoms with Gasteiger partial charge in [-0.1, -0.05) is 11.6 Å². The minimum atomic E-state index is -0.489. The molecule has 1 unspecified atom stereocenters. The number of ether oxygens (including phenoxy) is 1. The molecule has 2 N–H and O–H groups in total. The summed E-state index contributed by atoms with van der Waals surface area (Å²) in [6.07, 6.45) is 3.60. The van der Waals surface area contributed by atoms with E-state index in [1.54, 1.807) is 6.20 Å². The Balaban J connectivity index is 1.91. The van der Waals surface area contributed by atoms with Gasteiger partial charge in [0.2, 0.25) is 0 Å². The van der Waals surface area contributed by atoms with Crippen molar-refractivity contribution < 1.29 is 9.53 Å². The van der Waals surface area contributed by atoms with Crippen molar-refractivity contribution in [3.05, 3.63) is 17.2 Å². The topological polar surface area (TPSA) is 68.2 Å². The minimum absolute atomic E-state index is 0.185. The van der Waals surface area contributed by atoms with Crippen LogP contribution in [0.5, 0.6) is 0 Å². The molecule has 1 saturated carbocycles. The molecular formula is C16H27ClN4O2. The van der Waals surface area contributed by atoms with Gasteiger partial charge in [0.05, 0.1) is 12.7 Å². The normalized spacial score (nSPS) is 17.7. The maximum atomic E-state index is 11.9.